The Bertz CT molecular complexity index is 4370. The Hall–Kier alpha value is -10.6. The number of aliphatic carboxylic acids is 1. The fraction of sp³-hybridized carbons (Fsp3) is 0.400. The fourth-order valence-corrected chi connectivity index (χ4v) is 15.6. The number of carbonyl (C=O) groups excluding carboxylic acids is 5. The molecule has 2 atom stereocenters. The lowest BCUT2D eigenvalue weighted by Crippen LogP contribution is -2.38. The van der Waals surface area contributed by atoms with Crippen LogP contribution in [0.1, 0.15) is 191 Å². The average Bonchev–Trinajstić information content (AvgIpc) is 0.828. The number of hydrogen-bond donors (Lipinski definition) is 3. The molecule has 12 rings (SSSR count). The Morgan fingerprint density at radius 3 is 1.13 bits per heavy atom. The van der Waals surface area contributed by atoms with Crippen LogP contribution >= 0.6 is 0 Å². The first kappa shape index (κ1) is 78.5. The Kier molecular flexibility index (Phi) is 27.4. The van der Waals surface area contributed by atoms with E-state index in [1.165, 1.54) is 98.0 Å². The molecular formula is C90H104N8O10. The molecule has 2 saturated carbocycles. The average molecular weight is 1460 g/mol. The molecule has 4 aliphatic carbocycles. The number of anilines is 2. The number of hydrogen-bond acceptors (Lipinski definition) is 13. The number of carboxylic acid groups (broad SMARTS) is 1. The fourth-order valence-electron chi connectivity index (χ4n) is 15.6. The second-order valence-corrected chi connectivity index (χ2v) is 30.5. The maximum absolute atomic E-state index is 13.8. The first-order valence-electron chi connectivity index (χ1n) is 38.5. The highest BCUT2D eigenvalue weighted by molar-refractivity contribution is 5.99. The highest BCUT2D eigenvalue weighted by Gasteiger charge is 2.31. The number of amides is 4. The summed E-state index contributed by atoms with van der Waals surface area (Å²) in [5.74, 6) is 5.19. The minimum atomic E-state index is -1.11. The van der Waals surface area contributed by atoms with Gasteiger partial charge in [-0.15, -0.1) is 0 Å². The molecule has 0 spiro atoms. The lowest BCUT2D eigenvalue weighted by Gasteiger charge is -2.35. The van der Waals surface area contributed by atoms with Crippen molar-refractivity contribution >= 4 is 58.1 Å². The van der Waals surface area contributed by atoms with Crippen LogP contribution < -0.4 is 20.1 Å². The standard InChI is InChI=1S/C47H56N4O5.C43H48N4O5/c1-6-32-7-13-35(14-8-32)36-17-19-37(20-18-36)40-28-48-45(49-29-40)38-15-9-34(10-16-38)30-51(31-44(53)56-47(2,3)4)46(54)39-21-23-41(24-22-39)50-43(52)27-33-11-25-42(55-5)26-12-33;1-3-29-4-10-32(11-5-29)33-14-16-34(17-15-33)37-25-44-42(45-26-37)35-12-6-31(7-13-35)27-47(28-41(49)50)43(51)36-18-20-38(21-19-36)46-40(48)24-30-8-22-39(52-2)23-9-30/h9-12,15-16,19,21-26,28-29,32,35-36H,6-8,13-14,17-18,20,27,30-31H2,1-5H3,(H,50,52);6-9,12-13,16,18-23,25-26,29,32-33H,3-5,10-11,14-15,17,24,27-28H2,1-2H3,(H,46,48)(H,49,50). The van der Waals surface area contributed by atoms with Crippen molar-refractivity contribution in [2.45, 2.75) is 169 Å². The van der Waals surface area contributed by atoms with E-state index in [1.54, 1.807) is 95.7 Å². The molecule has 4 amide bonds. The van der Waals surface area contributed by atoms with Gasteiger partial charge in [0.2, 0.25) is 11.8 Å². The Morgan fingerprint density at radius 2 is 0.806 bits per heavy atom. The number of carbonyl (C=O) groups is 6. The molecule has 18 heteroatoms. The Balaban J connectivity index is 0.000000215. The molecule has 8 aromatic rings. The zero-order valence-electron chi connectivity index (χ0n) is 63.6. The molecule has 6 aromatic carbocycles. The Morgan fingerprint density at radius 1 is 0.444 bits per heavy atom. The molecule has 3 N–H and O–H groups in total. The van der Waals surface area contributed by atoms with Crippen LogP contribution in [0, 0.1) is 35.5 Å². The van der Waals surface area contributed by atoms with E-state index in [1.807, 2.05) is 110 Å². The number of benzene rings is 6. The van der Waals surface area contributed by atoms with Gasteiger partial charge in [0.25, 0.3) is 11.8 Å². The molecule has 2 aromatic heterocycles. The molecule has 0 aliphatic heterocycles. The molecule has 2 unspecified atom stereocenters. The quantitative estimate of drug-likeness (QED) is 0.0428. The van der Waals surface area contributed by atoms with Gasteiger partial charge in [0, 0.05) is 82.6 Å². The molecule has 2 fully saturated rings. The van der Waals surface area contributed by atoms with Gasteiger partial charge in [-0.2, -0.15) is 0 Å². The highest BCUT2D eigenvalue weighted by atomic mass is 16.6. The van der Waals surface area contributed by atoms with Crippen LogP contribution in [0.4, 0.5) is 11.4 Å². The van der Waals surface area contributed by atoms with E-state index in [0.29, 0.717) is 39.9 Å². The van der Waals surface area contributed by atoms with Crippen molar-refractivity contribution in [2.75, 3.05) is 37.9 Å². The summed E-state index contributed by atoms with van der Waals surface area (Å²) >= 11 is 0. The summed E-state index contributed by atoms with van der Waals surface area (Å²) in [6, 6.07) is 43.0. The number of nitrogens with zero attached hydrogens (tertiary/aromatic N) is 6. The van der Waals surface area contributed by atoms with Crippen molar-refractivity contribution in [2.24, 2.45) is 35.5 Å². The van der Waals surface area contributed by atoms with Crippen LogP contribution in [0.3, 0.4) is 0 Å². The molecule has 0 bridgehead atoms. The number of methoxy groups -OCH3 is 2. The summed E-state index contributed by atoms with van der Waals surface area (Å²) in [6.45, 7) is 9.67. The smallest absolute Gasteiger partial charge is 0.326 e. The number of esters is 1. The van der Waals surface area contributed by atoms with Gasteiger partial charge in [-0.25, -0.2) is 19.9 Å². The van der Waals surface area contributed by atoms with Crippen molar-refractivity contribution in [3.8, 4) is 34.3 Å². The second kappa shape index (κ2) is 37.8. The van der Waals surface area contributed by atoms with E-state index in [9.17, 15) is 33.9 Å². The van der Waals surface area contributed by atoms with Gasteiger partial charge in [-0.3, -0.25) is 28.8 Å². The number of ether oxygens (including phenoxy) is 3. The minimum Gasteiger partial charge on any atom is -0.497 e. The number of nitrogens with one attached hydrogen (secondary N) is 2. The third-order valence-electron chi connectivity index (χ3n) is 21.9. The molecule has 18 nitrogen and oxygen atoms in total. The van der Waals surface area contributed by atoms with E-state index in [-0.39, 0.29) is 50.2 Å². The van der Waals surface area contributed by atoms with Gasteiger partial charge >= 0.3 is 11.9 Å². The van der Waals surface area contributed by atoms with Crippen LogP contribution in [0.15, 0.2) is 183 Å². The molecule has 0 saturated heterocycles. The predicted octanol–water partition coefficient (Wildman–Crippen LogP) is 18.2. The van der Waals surface area contributed by atoms with Gasteiger partial charge < -0.3 is 39.8 Å². The first-order valence-corrected chi connectivity index (χ1v) is 38.5. The lowest BCUT2D eigenvalue weighted by atomic mass is 9.71. The topological polar surface area (TPSA) is 232 Å². The summed E-state index contributed by atoms with van der Waals surface area (Å²) in [6.07, 6.45) is 33.7. The molecule has 108 heavy (non-hydrogen) atoms. The first-order chi connectivity index (χ1) is 52.2. The summed E-state index contributed by atoms with van der Waals surface area (Å²) in [7, 11) is 3.19. The zero-order chi connectivity index (χ0) is 76.1. The van der Waals surface area contributed by atoms with Crippen LogP contribution in [-0.2, 0) is 49.8 Å². The third kappa shape index (κ3) is 22.5. The van der Waals surface area contributed by atoms with E-state index < -0.39 is 30.0 Å². The number of rotatable bonds is 26. The van der Waals surface area contributed by atoms with Crippen molar-refractivity contribution in [1.82, 2.24) is 29.7 Å². The molecule has 564 valence electrons. The maximum Gasteiger partial charge on any atom is 0.326 e. The van der Waals surface area contributed by atoms with E-state index in [2.05, 4.69) is 46.6 Å². The summed E-state index contributed by atoms with van der Waals surface area (Å²) in [5, 5.41) is 15.3. The largest absolute Gasteiger partial charge is 0.497 e. The van der Waals surface area contributed by atoms with Crippen LogP contribution in [-0.4, -0.2) is 103 Å². The predicted molar refractivity (Wildman–Crippen MR) is 424 cm³/mol. The van der Waals surface area contributed by atoms with Gasteiger partial charge in [0.1, 0.15) is 30.2 Å². The third-order valence-corrected chi connectivity index (χ3v) is 21.9. The van der Waals surface area contributed by atoms with Crippen LogP contribution in [0.25, 0.3) is 33.9 Å². The SMILES string of the molecule is CCC1CCC(C2CC=C(c3cnc(-c4ccc(CN(CC(=O)O)C(=O)c5ccc(NC(=O)Cc6ccc(OC)cc6)cc5)cc4)nc3)CC2)CC1.CCC1CCC(C2CC=C(c3cnc(-c4ccc(CN(CC(=O)OC(C)(C)C)C(=O)c5ccc(NC(=O)Cc6ccc(OC)cc6)cc5)cc4)nc3)CC2)CC1. The molecule has 4 aliphatic rings. The summed E-state index contributed by atoms with van der Waals surface area (Å²) in [5.41, 5.74) is 11.0. The highest BCUT2D eigenvalue weighted by Crippen LogP contribution is 2.44. The van der Waals surface area contributed by atoms with Gasteiger partial charge in [-0.1, -0.05) is 137 Å². The lowest BCUT2D eigenvalue weighted by molar-refractivity contribution is -0.155. The van der Waals surface area contributed by atoms with Gasteiger partial charge in [0.05, 0.1) is 27.1 Å². The second-order valence-electron chi connectivity index (χ2n) is 30.5. The number of aromatic nitrogens is 4. The van der Waals surface area contributed by atoms with Gasteiger partial charge in [0.15, 0.2) is 11.6 Å². The molecular weight excluding hydrogens is 1350 g/mol. The van der Waals surface area contributed by atoms with Crippen molar-refractivity contribution in [3.63, 3.8) is 0 Å². The van der Waals surface area contributed by atoms with Crippen LogP contribution in [0.5, 0.6) is 11.5 Å². The minimum absolute atomic E-state index is 0.112. The Labute approximate surface area is 636 Å². The normalized spacial score (nSPS) is 18.5. The summed E-state index contributed by atoms with van der Waals surface area (Å²) < 4.78 is 15.9. The maximum atomic E-state index is 13.8. The van der Waals surface area contributed by atoms with Crippen molar-refractivity contribution in [3.05, 3.63) is 227 Å². The zero-order valence-corrected chi connectivity index (χ0v) is 63.6. The monoisotopic (exact) mass is 1460 g/mol. The number of allylic oxidation sites excluding steroid dienone is 4. The van der Waals surface area contributed by atoms with Crippen molar-refractivity contribution < 1.29 is 48.1 Å². The van der Waals surface area contributed by atoms with E-state index in [0.717, 1.165) is 111 Å². The summed E-state index contributed by atoms with van der Waals surface area (Å²) in [4.78, 5) is 98.8. The number of carboxylic acids is 1. The van der Waals surface area contributed by atoms with Gasteiger partial charge in [-0.05, 0) is 227 Å². The van der Waals surface area contributed by atoms with E-state index in [4.69, 9.17) is 24.2 Å². The van der Waals surface area contributed by atoms with E-state index >= 15 is 0 Å². The van der Waals surface area contributed by atoms with Crippen molar-refractivity contribution in [1.29, 1.82) is 0 Å². The molecule has 0 radical (unpaired) electrons. The molecule has 2 heterocycles. The van der Waals surface area contributed by atoms with Crippen LogP contribution in [0.2, 0.25) is 0 Å².